The fourth-order valence-electron chi connectivity index (χ4n) is 18.5. The molecule has 6 atom stereocenters. The molecule has 3 aliphatic carbocycles. The summed E-state index contributed by atoms with van der Waals surface area (Å²) in [6.07, 6.45) is 45.2. The number of ether oxygens (including phenoxy) is 1. The van der Waals surface area contributed by atoms with Gasteiger partial charge in [-0.2, -0.15) is 0 Å². The van der Waals surface area contributed by atoms with Gasteiger partial charge in [-0.3, -0.25) is 29.3 Å². The Labute approximate surface area is 785 Å². The number of anilines is 10. The van der Waals surface area contributed by atoms with Gasteiger partial charge in [0.25, 0.3) is 11.8 Å². The number of aromatic nitrogens is 6. The van der Waals surface area contributed by atoms with Crippen molar-refractivity contribution in [3.63, 3.8) is 0 Å². The second-order valence-electron chi connectivity index (χ2n) is 35.6. The number of piperidine rings is 3. The summed E-state index contributed by atoms with van der Waals surface area (Å²) < 4.78 is 5.47. The molecule has 9 aliphatic rings. The van der Waals surface area contributed by atoms with Gasteiger partial charge in [0.2, 0.25) is 35.6 Å². The van der Waals surface area contributed by atoms with E-state index in [2.05, 4.69) is 119 Å². The number of carbonyl (C=O) groups is 7. The lowest BCUT2D eigenvalue weighted by Crippen LogP contribution is -2.46. The summed E-state index contributed by atoms with van der Waals surface area (Å²) in [5.74, 6) is 0.788. The number of fused-ring (bicyclic) bond motifs is 3. The number of rotatable bonds is 23. The molecule has 0 radical (unpaired) electrons. The molecule has 19 rings (SSSR count). The van der Waals surface area contributed by atoms with Crippen LogP contribution in [0.2, 0.25) is 0 Å². The van der Waals surface area contributed by atoms with E-state index < -0.39 is 23.6 Å². The van der Waals surface area contributed by atoms with Crippen LogP contribution in [0.3, 0.4) is 0 Å². The summed E-state index contributed by atoms with van der Waals surface area (Å²) in [5, 5.41) is 28.0. The minimum absolute atomic E-state index is 0.0431. The van der Waals surface area contributed by atoms with E-state index in [-0.39, 0.29) is 88.8 Å². The fraction of sp³-hybridized carbons (Fsp3) is 0.262. The SMILES string of the molecule is CC(C)(C)OC(=O)Nc1ccc(-c2ccccc2)cc1NC(=O)c1cnc(N(c2ccccc2)C2CCN(C(=O)CC3=CNC4C=CC=CC34)CC2)nc1.Nc1ccc(-c2ccccc2)cc1NC(=O)c1cnc(N(c2ccccc2)C2CCN(C(=O)CC3=CNC4C=CC=CC34)CC2)nc1.O=C(O)c1cnc(N(c2ccccc2)C2CCN(C(=O)CC3=CNC4C=CC=CC34)CC2)nc1. The van der Waals surface area contributed by atoms with E-state index in [1.807, 2.05) is 240 Å². The number of amides is 6. The van der Waals surface area contributed by atoms with E-state index in [9.17, 15) is 38.7 Å². The summed E-state index contributed by atoms with van der Waals surface area (Å²) in [4.78, 5) is 130. The molecule has 3 saturated heterocycles. The Bertz CT molecular complexity index is 6210. The number of likely N-dealkylation sites (tertiary alicyclic amines) is 3. The minimum atomic E-state index is -1.05. The Balaban J connectivity index is 0.000000144. The number of para-hydroxylation sites is 3. The van der Waals surface area contributed by atoms with Crippen molar-refractivity contribution in [3.8, 4) is 22.3 Å². The van der Waals surface area contributed by atoms with Crippen LogP contribution in [0.15, 0.2) is 333 Å². The second-order valence-corrected chi connectivity index (χ2v) is 35.6. The summed E-state index contributed by atoms with van der Waals surface area (Å²) in [5.41, 5.74) is 18.0. The lowest BCUT2D eigenvalue weighted by atomic mass is 9.89. The number of nitrogens with one attached hydrogen (secondary N) is 6. The molecule has 9 heterocycles. The van der Waals surface area contributed by atoms with E-state index in [1.165, 1.54) is 24.8 Å². The Kier molecular flexibility index (Phi) is 28.4. The maximum absolute atomic E-state index is 13.7. The molecule has 3 aromatic heterocycles. The van der Waals surface area contributed by atoms with Gasteiger partial charge in [-0.25, -0.2) is 39.5 Å². The highest BCUT2D eigenvalue weighted by Crippen LogP contribution is 2.40. The first kappa shape index (κ1) is 91.0. The number of carboxylic acids is 1. The van der Waals surface area contributed by atoms with Crippen molar-refractivity contribution in [1.29, 1.82) is 0 Å². The van der Waals surface area contributed by atoms with Gasteiger partial charge in [0.05, 0.1) is 76.8 Å². The highest BCUT2D eigenvalue weighted by molar-refractivity contribution is 6.08. The zero-order chi connectivity index (χ0) is 93.3. The van der Waals surface area contributed by atoms with Crippen LogP contribution in [-0.4, -0.2) is 172 Å². The summed E-state index contributed by atoms with van der Waals surface area (Å²) in [6, 6.07) is 61.5. The molecular formula is C107H109N19O9. The van der Waals surface area contributed by atoms with Gasteiger partial charge in [-0.15, -0.1) is 0 Å². The van der Waals surface area contributed by atoms with Gasteiger partial charge in [0.15, 0.2) is 0 Å². The van der Waals surface area contributed by atoms with Crippen molar-refractivity contribution in [3.05, 3.63) is 350 Å². The minimum Gasteiger partial charge on any atom is -0.478 e. The quantitative estimate of drug-likeness (QED) is 0.0276. The topological polar surface area (TPSA) is 344 Å². The predicted molar refractivity (Wildman–Crippen MR) is 526 cm³/mol. The van der Waals surface area contributed by atoms with Crippen molar-refractivity contribution in [2.75, 3.05) is 75.7 Å². The number of nitrogen functional groups attached to an aromatic ring is 1. The fourth-order valence-corrected chi connectivity index (χ4v) is 18.5. The monoisotopic (exact) mass is 1800 g/mol. The van der Waals surface area contributed by atoms with Gasteiger partial charge in [0.1, 0.15) is 5.60 Å². The first-order valence-corrected chi connectivity index (χ1v) is 46.0. The van der Waals surface area contributed by atoms with Crippen LogP contribution in [0, 0.1) is 17.8 Å². The molecule has 6 aliphatic heterocycles. The van der Waals surface area contributed by atoms with Crippen LogP contribution < -0.4 is 52.3 Å². The van der Waals surface area contributed by atoms with Gasteiger partial charge in [-0.1, -0.05) is 200 Å². The molecule has 7 aromatic carbocycles. The molecule has 28 nitrogen and oxygen atoms in total. The Morgan fingerprint density at radius 2 is 0.696 bits per heavy atom. The Morgan fingerprint density at radius 1 is 0.385 bits per heavy atom. The molecule has 3 fully saturated rings. The molecule has 686 valence electrons. The maximum Gasteiger partial charge on any atom is 0.412 e. The molecule has 135 heavy (non-hydrogen) atoms. The number of allylic oxidation sites excluding steroid dienone is 6. The van der Waals surface area contributed by atoms with Crippen LogP contribution in [0.1, 0.15) is 110 Å². The smallest absolute Gasteiger partial charge is 0.412 e. The van der Waals surface area contributed by atoms with E-state index in [0.717, 1.165) is 94.6 Å². The van der Waals surface area contributed by atoms with Gasteiger partial charge in [-0.05, 0) is 178 Å². The molecule has 6 unspecified atom stereocenters. The number of carbonyl (C=O) groups excluding carboxylic acids is 6. The number of aromatic carboxylic acids is 1. The third kappa shape index (κ3) is 22.3. The highest BCUT2D eigenvalue weighted by Gasteiger charge is 2.38. The van der Waals surface area contributed by atoms with Crippen LogP contribution in [0.4, 0.5) is 62.5 Å². The second kappa shape index (κ2) is 42.1. The summed E-state index contributed by atoms with van der Waals surface area (Å²) >= 11 is 0. The van der Waals surface area contributed by atoms with Gasteiger partial charge >= 0.3 is 12.1 Å². The molecule has 9 N–H and O–H groups in total. The average molecular weight is 1810 g/mol. The Morgan fingerprint density at radius 3 is 1.04 bits per heavy atom. The molecule has 10 aromatic rings. The zero-order valence-electron chi connectivity index (χ0n) is 75.5. The molecule has 0 bridgehead atoms. The highest BCUT2D eigenvalue weighted by atomic mass is 16.6. The standard InChI is InChI=1S/C43H45N7O4.C38H37N7O2.C26H27N5O3/c1-43(2,3)54-42(53)48-37-19-18-30(29-12-6-4-7-13-29)24-38(37)47-40(52)32-27-45-41(46-28-32)50(33-14-8-5-9-15-33)34-20-22-49(23-21-34)39(51)25-31-26-44-36-17-11-10-16-35(31)36;39-33-16-15-27(26-9-3-1-4-10-26)21-35(33)43-37(47)29-24-41-38(42-25-29)45(30-11-5-2-6-12-30)31-17-19-44(20-18-31)36(46)22-28-23-40-34-14-8-7-13-32(28)34;32-24(14-18-15-27-23-9-5-4-8-22(18)23)30-12-10-21(11-13-30)31(20-6-2-1-3-7-20)26-28-16-19(17-29-26)25(33)34/h4-19,24,26-28,34-36,44H,20-23,25H2,1-3H3,(H,47,52)(H,48,53);1-16,21,23-25,31-32,34,40H,17-20,22,39H2,(H,43,47);1-9,15-17,21-23,27H,10-14H2,(H,33,34). The van der Waals surface area contributed by atoms with Crippen molar-refractivity contribution in [1.82, 2.24) is 60.6 Å². The van der Waals surface area contributed by atoms with E-state index in [0.29, 0.717) is 105 Å². The first-order valence-electron chi connectivity index (χ1n) is 46.0. The van der Waals surface area contributed by atoms with Crippen molar-refractivity contribution in [2.45, 2.75) is 120 Å². The molecule has 0 saturated carbocycles. The van der Waals surface area contributed by atoms with Crippen molar-refractivity contribution in [2.24, 2.45) is 17.8 Å². The van der Waals surface area contributed by atoms with Crippen LogP contribution in [0.25, 0.3) is 22.3 Å². The molecule has 28 heteroatoms. The lowest BCUT2D eigenvalue weighted by molar-refractivity contribution is -0.132. The van der Waals surface area contributed by atoms with Gasteiger partial charge in [0, 0.05) is 129 Å². The number of benzene rings is 7. The summed E-state index contributed by atoms with van der Waals surface area (Å²) in [7, 11) is 0. The normalized spacial score (nSPS) is 19.1. The number of nitrogens with two attached hydrogens (primary N) is 1. The van der Waals surface area contributed by atoms with Crippen LogP contribution in [-0.2, 0) is 19.1 Å². The third-order valence-electron chi connectivity index (χ3n) is 25.5. The third-order valence-corrected chi connectivity index (χ3v) is 25.5. The van der Waals surface area contributed by atoms with E-state index in [1.54, 1.807) is 45.3 Å². The van der Waals surface area contributed by atoms with E-state index in [4.69, 9.17) is 10.5 Å². The number of carboxylic acid groups (broad SMARTS) is 1. The molecule has 0 spiro atoms. The van der Waals surface area contributed by atoms with E-state index >= 15 is 0 Å². The zero-order valence-corrected chi connectivity index (χ0v) is 75.5. The molecule has 6 amide bonds. The lowest BCUT2D eigenvalue weighted by Gasteiger charge is -2.38. The van der Waals surface area contributed by atoms with Crippen molar-refractivity contribution < 1.29 is 43.4 Å². The summed E-state index contributed by atoms with van der Waals surface area (Å²) in [6.45, 7) is 9.23. The van der Waals surface area contributed by atoms with Gasteiger partial charge < -0.3 is 71.6 Å². The Hall–Kier alpha value is -15.9. The van der Waals surface area contributed by atoms with Crippen LogP contribution in [0.5, 0.6) is 0 Å². The maximum atomic E-state index is 13.7. The largest absolute Gasteiger partial charge is 0.478 e. The predicted octanol–water partition coefficient (Wildman–Crippen LogP) is 17.2. The van der Waals surface area contributed by atoms with Crippen LogP contribution >= 0.6 is 0 Å². The van der Waals surface area contributed by atoms with Crippen molar-refractivity contribution >= 4 is 99.3 Å². The number of hydrogen-bond acceptors (Lipinski definition) is 21. The average Bonchev–Trinajstić information content (AvgIpc) is 1.80. The number of hydrogen-bond donors (Lipinski definition) is 8. The molecular weight excluding hydrogens is 1700 g/mol. The first-order chi connectivity index (χ1) is 65.7. The number of nitrogens with zero attached hydrogens (tertiary/aromatic N) is 12.